The van der Waals surface area contributed by atoms with Crippen molar-refractivity contribution in [1.82, 2.24) is 10.2 Å². The number of fused-ring (bicyclic) bond motifs is 1. The van der Waals surface area contributed by atoms with Crippen molar-refractivity contribution in [3.05, 3.63) is 39.5 Å². The minimum Gasteiger partial charge on any atom is -0.440 e. The first kappa shape index (κ1) is 14.1. The van der Waals surface area contributed by atoms with Gasteiger partial charge in [-0.25, -0.2) is 0 Å². The van der Waals surface area contributed by atoms with E-state index in [9.17, 15) is 4.79 Å². The highest BCUT2D eigenvalue weighted by molar-refractivity contribution is 8.00. The molecule has 7 heteroatoms. The van der Waals surface area contributed by atoms with Gasteiger partial charge in [-0.05, 0) is 37.3 Å². The van der Waals surface area contributed by atoms with E-state index in [-0.39, 0.29) is 5.43 Å². The van der Waals surface area contributed by atoms with Gasteiger partial charge in [0.15, 0.2) is 9.77 Å². The Morgan fingerprint density at radius 3 is 2.81 bits per heavy atom. The lowest BCUT2D eigenvalue weighted by atomic mass is 10.1. The van der Waals surface area contributed by atoms with Crippen molar-refractivity contribution in [3.8, 4) is 0 Å². The summed E-state index contributed by atoms with van der Waals surface area (Å²) in [4.78, 5) is 12.2. The molecule has 0 radical (unpaired) electrons. The Balaban J connectivity index is 2.07. The number of thioether (sulfide) groups is 1. The lowest BCUT2D eigenvalue weighted by Crippen LogP contribution is -2.03. The molecule has 2 aromatic heterocycles. The molecule has 1 N–H and O–H groups in total. The molecule has 1 aromatic carbocycles. The molecule has 108 valence electrons. The first-order valence-corrected chi connectivity index (χ1v) is 8.31. The van der Waals surface area contributed by atoms with Crippen molar-refractivity contribution in [1.29, 1.82) is 0 Å². The standard InChI is InChI=1S/C14H13N3O2S2/c1-7-4-5-9-10(18)6-11(19-12(9)8(7)2)15-13-16-17-14(20-3)21-13/h4-6H,1-3H3,(H,15,16). The zero-order valence-electron chi connectivity index (χ0n) is 11.8. The molecule has 2 heterocycles. The van der Waals surface area contributed by atoms with Crippen LogP contribution < -0.4 is 10.7 Å². The molecule has 0 amide bonds. The Labute approximate surface area is 129 Å². The third kappa shape index (κ3) is 2.66. The second-order valence-electron chi connectivity index (χ2n) is 4.56. The lowest BCUT2D eigenvalue weighted by molar-refractivity contribution is 0.618. The average Bonchev–Trinajstić information content (AvgIpc) is 2.91. The van der Waals surface area contributed by atoms with Crippen LogP contribution in [0.4, 0.5) is 11.0 Å². The molecular weight excluding hydrogens is 306 g/mol. The number of aromatic nitrogens is 2. The molecule has 3 aromatic rings. The molecule has 0 bridgehead atoms. The SMILES string of the molecule is CSc1nnc(Nc2cc(=O)c3ccc(C)c(C)c3o2)s1. The maximum absolute atomic E-state index is 12.2. The van der Waals surface area contributed by atoms with Crippen LogP contribution in [-0.2, 0) is 0 Å². The number of benzene rings is 1. The maximum Gasteiger partial charge on any atom is 0.213 e. The summed E-state index contributed by atoms with van der Waals surface area (Å²) in [7, 11) is 0. The van der Waals surface area contributed by atoms with Crippen molar-refractivity contribution in [2.75, 3.05) is 11.6 Å². The third-order valence-electron chi connectivity index (χ3n) is 3.23. The van der Waals surface area contributed by atoms with Gasteiger partial charge in [-0.3, -0.25) is 4.79 Å². The molecule has 0 saturated heterocycles. The minimum absolute atomic E-state index is 0.0727. The Hall–Kier alpha value is -1.86. The van der Waals surface area contributed by atoms with E-state index < -0.39 is 0 Å². The second-order valence-corrected chi connectivity index (χ2v) is 6.59. The summed E-state index contributed by atoms with van der Waals surface area (Å²) >= 11 is 2.94. The molecule has 0 aliphatic heterocycles. The first-order chi connectivity index (χ1) is 10.1. The Morgan fingerprint density at radius 2 is 2.10 bits per heavy atom. The fourth-order valence-electron chi connectivity index (χ4n) is 1.96. The highest BCUT2D eigenvalue weighted by Crippen LogP contribution is 2.27. The van der Waals surface area contributed by atoms with E-state index in [0.717, 1.165) is 15.5 Å². The average molecular weight is 319 g/mol. The Bertz CT molecular complexity index is 870. The van der Waals surface area contributed by atoms with Crippen molar-refractivity contribution >= 4 is 45.1 Å². The smallest absolute Gasteiger partial charge is 0.213 e. The van der Waals surface area contributed by atoms with Gasteiger partial charge in [-0.1, -0.05) is 29.2 Å². The monoisotopic (exact) mass is 319 g/mol. The van der Waals surface area contributed by atoms with Gasteiger partial charge >= 0.3 is 0 Å². The summed E-state index contributed by atoms with van der Waals surface area (Å²) < 4.78 is 6.68. The largest absolute Gasteiger partial charge is 0.440 e. The van der Waals surface area contributed by atoms with Crippen LogP contribution in [0.5, 0.6) is 0 Å². The maximum atomic E-state index is 12.2. The number of nitrogens with one attached hydrogen (secondary N) is 1. The number of aryl methyl sites for hydroxylation is 2. The van der Waals surface area contributed by atoms with E-state index in [1.165, 1.54) is 29.2 Å². The van der Waals surface area contributed by atoms with Gasteiger partial charge in [0, 0.05) is 6.07 Å². The van der Waals surface area contributed by atoms with Crippen molar-refractivity contribution in [3.63, 3.8) is 0 Å². The van der Waals surface area contributed by atoms with Crippen LogP contribution in [-0.4, -0.2) is 16.5 Å². The molecule has 0 saturated carbocycles. The molecule has 0 aliphatic carbocycles. The lowest BCUT2D eigenvalue weighted by Gasteiger charge is -2.07. The normalized spacial score (nSPS) is 11.0. The van der Waals surface area contributed by atoms with Gasteiger partial charge in [-0.15, -0.1) is 10.2 Å². The van der Waals surface area contributed by atoms with E-state index in [1.54, 1.807) is 6.07 Å². The summed E-state index contributed by atoms with van der Waals surface area (Å²) in [6.45, 7) is 3.94. The number of anilines is 2. The van der Waals surface area contributed by atoms with Crippen molar-refractivity contribution in [2.45, 2.75) is 18.2 Å². The number of nitrogens with zero attached hydrogens (tertiary/aromatic N) is 2. The van der Waals surface area contributed by atoms with Crippen LogP contribution in [0.25, 0.3) is 11.0 Å². The second kappa shape index (κ2) is 5.50. The summed E-state index contributed by atoms with van der Waals surface area (Å²) in [5, 5.41) is 12.2. The van der Waals surface area contributed by atoms with Gasteiger partial charge in [0.25, 0.3) is 0 Å². The summed E-state index contributed by atoms with van der Waals surface area (Å²) in [6.07, 6.45) is 1.94. The van der Waals surface area contributed by atoms with Gasteiger partial charge < -0.3 is 9.73 Å². The highest BCUT2D eigenvalue weighted by atomic mass is 32.2. The molecule has 0 spiro atoms. The Kier molecular flexibility index (Phi) is 3.69. The first-order valence-electron chi connectivity index (χ1n) is 6.27. The van der Waals surface area contributed by atoms with E-state index in [4.69, 9.17) is 4.42 Å². The van der Waals surface area contributed by atoms with Crippen LogP contribution in [0.3, 0.4) is 0 Å². The van der Waals surface area contributed by atoms with Gasteiger partial charge in [0.2, 0.25) is 11.0 Å². The molecule has 5 nitrogen and oxygen atoms in total. The number of rotatable bonds is 3. The van der Waals surface area contributed by atoms with Crippen LogP contribution >= 0.6 is 23.1 Å². The van der Waals surface area contributed by atoms with Crippen molar-refractivity contribution < 1.29 is 4.42 Å². The van der Waals surface area contributed by atoms with E-state index in [2.05, 4.69) is 15.5 Å². The third-order valence-corrected chi connectivity index (χ3v) is 5.04. The molecule has 3 rings (SSSR count). The molecular formula is C14H13N3O2S2. The summed E-state index contributed by atoms with van der Waals surface area (Å²) in [5.41, 5.74) is 2.59. The fraction of sp³-hybridized carbons (Fsp3) is 0.214. The predicted molar refractivity (Wildman–Crippen MR) is 86.9 cm³/mol. The van der Waals surface area contributed by atoms with Crippen LogP contribution in [0.1, 0.15) is 11.1 Å². The van der Waals surface area contributed by atoms with Gasteiger partial charge in [0.1, 0.15) is 5.58 Å². The minimum atomic E-state index is -0.0727. The van der Waals surface area contributed by atoms with E-state index in [0.29, 0.717) is 22.0 Å². The van der Waals surface area contributed by atoms with Crippen LogP contribution in [0.15, 0.2) is 31.8 Å². The summed E-state index contributed by atoms with van der Waals surface area (Å²) in [5.74, 6) is 0.380. The van der Waals surface area contributed by atoms with Crippen LogP contribution in [0.2, 0.25) is 0 Å². The quantitative estimate of drug-likeness (QED) is 0.742. The van der Waals surface area contributed by atoms with E-state index >= 15 is 0 Å². The van der Waals surface area contributed by atoms with Crippen LogP contribution in [0, 0.1) is 13.8 Å². The van der Waals surface area contributed by atoms with E-state index in [1.807, 2.05) is 26.2 Å². The molecule has 0 fully saturated rings. The number of hydrogen-bond donors (Lipinski definition) is 1. The number of hydrogen-bond acceptors (Lipinski definition) is 7. The fourth-order valence-corrected chi connectivity index (χ4v) is 3.13. The van der Waals surface area contributed by atoms with Crippen molar-refractivity contribution in [2.24, 2.45) is 0 Å². The topological polar surface area (TPSA) is 68.0 Å². The van der Waals surface area contributed by atoms with Gasteiger partial charge in [0.05, 0.1) is 5.39 Å². The molecule has 0 atom stereocenters. The Morgan fingerprint density at radius 1 is 1.29 bits per heavy atom. The van der Waals surface area contributed by atoms with Gasteiger partial charge in [-0.2, -0.15) is 0 Å². The molecule has 0 unspecified atom stereocenters. The molecule has 21 heavy (non-hydrogen) atoms. The summed E-state index contributed by atoms with van der Waals surface area (Å²) in [6, 6.07) is 5.17. The zero-order chi connectivity index (χ0) is 15.0. The molecule has 0 aliphatic rings. The zero-order valence-corrected chi connectivity index (χ0v) is 13.4. The highest BCUT2D eigenvalue weighted by Gasteiger charge is 2.10. The predicted octanol–water partition coefficient (Wildman–Crippen LogP) is 3.73.